The Hall–Kier alpha value is -1.83. The zero-order valence-corrected chi connectivity index (χ0v) is 13.9. The van der Waals surface area contributed by atoms with E-state index in [2.05, 4.69) is 4.72 Å². The number of nitrogens with one attached hydrogen (secondary N) is 1. The molecule has 7 heteroatoms. The minimum absolute atomic E-state index is 0.0875. The van der Waals surface area contributed by atoms with E-state index in [1.54, 1.807) is 20.8 Å². The maximum absolute atomic E-state index is 13.0. The van der Waals surface area contributed by atoms with Crippen molar-refractivity contribution in [2.24, 2.45) is 0 Å². The van der Waals surface area contributed by atoms with E-state index >= 15 is 0 Å². The van der Waals surface area contributed by atoms with Crippen LogP contribution in [0.25, 0.3) is 0 Å². The van der Waals surface area contributed by atoms with Crippen LogP contribution in [0.2, 0.25) is 0 Å². The number of allylic oxidation sites excluding steroid dienone is 2. The first kappa shape index (κ1) is 17.5. The van der Waals surface area contributed by atoms with E-state index < -0.39 is 21.6 Å². The number of carbonyl (C=O) groups is 1. The number of hydrogen-bond acceptors (Lipinski definition) is 4. The highest BCUT2D eigenvalue weighted by Gasteiger charge is 2.41. The maximum Gasteiger partial charge on any atom is 0.243 e. The largest absolute Gasteiger partial charge is 0.352 e. The van der Waals surface area contributed by atoms with E-state index in [4.69, 9.17) is 4.74 Å². The van der Waals surface area contributed by atoms with E-state index in [1.807, 2.05) is 0 Å². The number of ketones is 1. The van der Waals surface area contributed by atoms with Gasteiger partial charge >= 0.3 is 0 Å². The van der Waals surface area contributed by atoms with E-state index in [1.165, 1.54) is 24.3 Å². The lowest BCUT2D eigenvalue weighted by Crippen LogP contribution is -2.53. The summed E-state index contributed by atoms with van der Waals surface area (Å²) in [6, 6.07) is 4.47. The molecule has 124 valence electrons. The fraction of sp³-hybridized carbons (Fsp3) is 0.312. The molecule has 0 unspecified atom stereocenters. The number of benzene rings is 1. The van der Waals surface area contributed by atoms with Gasteiger partial charge in [0, 0.05) is 6.61 Å². The van der Waals surface area contributed by atoms with E-state index in [-0.39, 0.29) is 17.3 Å². The number of hydrogen-bond donors (Lipinski definition) is 1. The molecule has 2 rings (SSSR count). The second-order valence-corrected chi connectivity index (χ2v) is 6.91. The van der Waals surface area contributed by atoms with Crippen LogP contribution < -0.4 is 4.72 Å². The molecule has 0 amide bonds. The van der Waals surface area contributed by atoms with Gasteiger partial charge in [-0.3, -0.25) is 4.79 Å². The summed E-state index contributed by atoms with van der Waals surface area (Å²) in [4.78, 5) is 11.5. The molecule has 0 saturated heterocycles. The van der Waals surface area contributed by atoms with Crippen LogP contribution in [0.15, 0.2) is 52.5 Å². The normalized spacial score (nSPS) is 17.7. The van der Waals surface area contributed by atoms with Crippen LogP contribution in [0.3, 0.4) is 0 Å². The van der Waals surface area contributed by atoms with Crippen molar-refractivity contribution in [3.05, 3.63) is 53.4 Å². The number of carbonyl (C=O) groups excluding carboxylic acids is 1. The van der Waals surface area contributed by atoms with E-state index in [0.29, 0.717) is 11.1 Å². The molecule has 0 radical (unpaired) electrons. The molecule has 0 spiro atoms. The molecule has 1 aromatic rings. The highest BCUT2D eigenvalue weighted by molar-refractivity contribution is 7.89. The lowest BCUT2D eigenvalue weighted by molar-refractivity contribution is -0.111. The van der Waals surface area contributed by atoms with E-state index in [9.17, 15) is 17.6 Å². The van der Waals surface area contributed by atoms with Crippen LogP contribution in [-0.2, 0) is 19.6 Å². The third-order valence-electron chi connectivity index (χ3n) is 3.59. The molecule has 0 fully saturated rings. The minimum Gasteiger partial charge on any atom is -0.352 e. The zero-order chi connectivity index (χ0) is 17.3. The van der Waals surface area contributed by atoms with Gasteiger partial charge in [0.15, 0.2) is 11.5 Å². The van der Waals surface area contributed by atoms with Crippen molar-refractivity contribution in [1.82, 2.24) is 4.72 Å². The van der Waals surface area contributed by atoms with Gasteiger partial charge in [-0.05, 0) is 68.3 Å². The lowest BCUT2D eigenvalue weighted by atomic mass is 9.90. The molecule has 0 aromatic heterocycles. The van der Waals surface area contributed by atoms with Crippen LogP contribution in [0.4, 0.5) is 4.39 Å². The highest BCUT2D eigenvalue weighted by atomic mass is 32.2. The van der Waals surface area contributed by atoms with Gasteiger partial charge in [-0.1, -0.05) is 0 Å². The topological polar surface area (TPSA) is 72.5 Å². The maximum atomic E-state index is 13.0. The molecule has 0 saturated carbocycles. The minimum atomic E-state index is -3.98. The average molecular weight is 339 g/mol. The van der Waals surface area contributed by atoms with Crippen molar-refractivity contribution in [2.45, 2.75) is 31.4 Å². The molecule has 5 nitrogen and oxygen atoms in total. The standard InChI is InChI=1S/C16H18FNO4S/c1-4-22-16(11(2)9-14(19)10-12(16)3)18-23(20,21)15-7-5-13(17)6-8-15/h5-10,18H,4H2,1-3H3. The first-order valence-electron chi connectivity index (χ1n) is 7.06. The van der Waals surface area contributed by atoms with Crippen molar-refractivity contribution in [3.8, 4) is 0 Å². The predicted octanol–water partition coefficient (Wildman–Crippen LogP) is 2.31. The Labute approximate surface area is 134 Å². The summed E-state index contributed by atoms with van der Waals surface area (Å²) in [5, 5.41) is 0. The van der Waals surface area contributed by atoms with Crippen molar-refractivity contribution in [1.29, 1.82) is 0 Å². The number of sulfonamides is 1. The molecule has 1 aromatic carbocycles. The van der Waals surface area contributed by atoms with Gasteiger partial charge in [0.2, 0.25) is 10.0 Å². The fourth-order valence-electron chi connectivity index (χ4n) is 2.48. The van der Waals surface area contributed by atoms with Gasteiger partial charge in [-0.15, -0.1) is 0 Å². The fourth-order valence-corrected chi connectivity index (χ4v) is 3.85. The van der Waals surface area contributed by atoms with Gasteiger partial charge in [0.1, 0.15) is 5.82 Å². The summed E-state index contributed by atoms with van der Waals surface area (Å²) in [6.07, 6.45) is 2.66. The summed E-state index contributed by atoms with van der Waals surface area (Å²) < 4.78 is 46.4. The van der Waals surface area contributed by atoms with Crippen molar-refractivity contribution in [3.63, 3.8) is 0 Å². The Bertz CT molecular complexity index is 757. The smallest absolute Gasteiger partial charge is 0.243 e. The number of halogens is 1. The van der Waals surface area contributed by atoms with Crippen molar-refractivity contribution >= 4 is 15.8 Å². The van der Waals surface area contributed by atoms with Gasteiger partial charge in [0.05, 0.1) is 4.90 Å². The number of ether oxygens (including phenoxy) is 1. The summed E-state index contributed by atoms with van der Waals surface area (Å²) in [5.41, 5.74) is -0.541. The van der Waals surface area contributed by atoms with Gasteiger partial charge < -0.3 is 4.74 Å². The molecular formula is C16H18FNO4S. The van der Waals surface area contributed by atoms with Crippen LogP contribution in [0.5, 0.6) is 0 Å². The Kier molecular flexibility index (Phi) is 4.84. The average Bonchev–Trinajstić information content (AvgIpc) is 2.45. The molecule has 1 aliphatic carbocycles. The van der Waals surface area contributed by atoms with Crippen molar-refractivity contribution < 1.29 is 22.3 Å². The van der Waals surface area contributed by atoms with Gasteiger partial charge in [-0.25, -0.2) is 12.8 Å². The van der Waals surface area contributed by atoms with Crippen LogP contribution in [-0.4, -0.2) is 26.5 Å². The number of rotatable bonds is 5. The van der Waals surface area contributed by atoms with Crippen LogP contribution in [0, 0.1) is 5.82 Å². The third kappa shape index (κ3) is 3.41. The van der Waals surface area contributed by atoms with Gasteiger partial charge in [0.25, 0.3) is 0 Å². The van der Waals surface area contributed by atoms with Crippen LogP contribution in [0.1, 0.15) is 20.8 Å². The quantitative estimate of drug-likeness (QED) is 0.836. The molecule has 23 heavy (non-hydrogen) atoms. The molecule has 0 atom stereocenters. The summed E-state index contributed by atoms with van der Waals surface area (Å²) in [5.74, 6) is -0.754. The monoisotopic (exact) mass is 339 g/mol. The SMILES string of the molecule is CCOC1(NS(=O)(=O)c2ccc(F)cc2)C(C)=CC(=O)C=C1C. The molecule has 0 aliphatic heterocycles. The van der Waals surface area contributed by atoms with Gasteiger partial charge in [-0.2, -0.15) is 4.72 Å². The Balaban J connectivity index is 2.47. The second kappa shape index (κ2) is 6.35. The Morgan fingerprint density at radius 1 is 1.13 bits per heavy atom. The van der Waals surface area contributed by atoms with Crippen LogP contribution >= 0.6 is 0 Å². The molecular weight excluding hydrogens is 321 g/mol. The first-order chi connectivity index (χ1) is 10.7. The van der Waals surface area contributed by atoms with Crippen molar-refractivity contribution in [2.75, 3.05) is 6.61 Å². The highest BCUT2D eigenvalue weighted by Crippen LogP contribution is 2.32. The molecule has 0 bridgehead atoms. The molecule has 1 N–H and O–H groups in total. The van der Waals surface area contributed by atoms with E-state index in [0.717, 1.165) is 12.1 Å². The second-order valence-electron chi connectivity index (χ2n) is 5.23. The molecule has 0 heterocycles. The predicted molar refractivity (Wildman–Crippen MR) is 83.6 cm³/mol. The zero-order valence-electron chi connectivity index (χ0n) is 13.1. The Morgan fingerprint density at radius 3 is 2.13 bits per heavy atom. The summed E-state index contributed by atoms with van der Waals surface area (Å²) >= 11 is 0. The summed E-state index contributed by atoms with van der Waals surface area (Å²) in [7, 11) is -3.98. The third-order valence-corrected chi connectivity index (χ3v) is 5.04. The first-order valence-corrected chi connectivity index (χ1v) is 8.54. The Morgan fingerprint density at radius 2 is 1.65 bits per heavy atom. The lowest BCUT2D eigenvalue weighted by Gasteiger charge is -2.37. The summed E-state index contributed by atoms with van der Waals surface area (Å²) in [6.45, 7) is 5.20. The molecule has 1 aliphatic rings.